The molecule has 0 saturated carbocycles. The second kappa shape index (κ2) is 6.30. The van der Waals surface area contributed by atoms with Crippen molar-refractivity contribution in [2.24, 2.45) is 0 Å². The number of carbonyl (C=O) groups excluding carboxylic acids is 1. The molecule has 1 aromatic carbocycles. The summed E-state index contributed by atoms with van der Waals surface area (Å²) in [6.07, 6.45) is 0.223. The van der Waals surface area contributed by atoms with Crippen molar-refractivity contribution in [1.82, 2.24) is 0 Å². The number of benzene rings is 1. The zero-order valence-corrected chi connectivity index (χ0v) is 10.2. The van der Waals surface area contributed by atoms with Crippen LogP contribution in [0.1, 0.15) is 30.6 Å². The smallest absolute Gasteiger partial charge is 0.191 e. The molecule has 1 unspecified atom stereocenters. The van der Waals surface area contributed by atoms with E-state index in [2.05, 4.69) is 6.58 Å². The zero-order chi connectivity index (χ0) is 12.8. The molecule has 0 aromatic heterocycles. The third-order valence-electron chi connectivity index (χ3n) is 2.39. The average molecular weight is 236 g/mol. The van der Waals surface area contributed by atoms with Crippen molar-refractivity contribution in [2.75, 3.05) is 6.61 Å². The van der Waals surface area contributed by atoms with Crippen LogP contribution in [0.25, 0.3) is 0 Å². The molecule has 1 atom stereocenters. The van der Waals surface area contributed by atoms with Gasteiger partial charge in [0.05, 0.1) is 6.61 Å². The lowest BCUT2D eigenvalue weighted by Crippen LogP contribution is -2.21. The van der Waals surface area contributed by atoms with Crippen LogP contribution < -0.4 is 0 Å². The topological polar surface area (TPSA) is 26.3 Å². The Hall–Kier alpha value is -1.48. The Morgan fingerprint density at radius 2 is 2.00 bits per heavy atom. The third kappa shape index (κ3) is 4.49. The summed E-state index contributed by atoms with van der Waals surface area (Å²) >= 11 is 0. The van der Waals surface area contributed by atoms with Crippen LogP contribution in [-0.2, 0) is 4.74 Å². The van der Waals surface area contributed by atoms with Gasteiger partial charge in [0.1, 0.15) is 11.9 Å². The molecule has 0 spiro atoms. The van der Waals surface area contributed by atoms with Gasteiger partial charge in [-0.05, 0) is 44.5 Å². The SMILES string of the molecule is C=C(C)CCOC(C)C(=O)c1ccc(F)cc1. The van der Waals surface area contributed by atoms with E-state index in [1.54, 1.807) is 6.92 Å². The fraction of sp³-hybridized carbons (Fsp3) is 0.357. The van der Waals surface area contributed by atoms with Crippen LogP contribution in [0.3, 0.4) is 0 Å². The summed E-state index contributed by atoms with van der Waals surface area (Å²) in [5, 5.41) is 0. The number of carbonyl (C=O) groups is 1. The van der Waals surface area contributed by atoms with Gasteiger partial charge in [-0.1, -0.05) is 5.57 Å². The van der Waals surface area contributed by atoms with Crippen LogP contribution in [0.4, 0.5) is 4.39 Å². The minimum absolute atomic E-state index is 0.133. The minimum atomic E-state index is -0.514. The van der Waals surface area contributed by atoms with E-state index in [1.807, 2.05) is 6.92 Å². The van der Waals surface area contributed by atoms with Crippen LogP contribution in [0.2, 0.25) is 0 Å². The molecule has 1 aromatic rings. The van der Waals surface area contributed by atoms with E-state index in [4.69, 9.17) is 4.74 Å². The van der Waals surface area contributed by atoms with Gasteiger partial charge in [-0.3, -0.25) is 4.79 Å². The number of Topliss-reactive ketones (excluding diaryl/α,β-unsaturated/α-hetero) is 1. The van der Waals surface area contributed by atoms with E-state index >= 15 is 0 Å². The lowest BCUT2D eigenvalue weighted by molar-refractivity contribution is 0.0487. The Labute approximate surface area is 101 Å². The van der Waals surface area contributed by atoms with Crippen molar-refractivity contribution in [3.63, 3.8) is 0 Å². The molecule has 0 radical (unpaired) electrons. The number of halogens is 1. The first-order chi connectivity index (χ1) is 8.00. The summed E-state index contributed by atoms with van der Waals surface area (Å²) in [6.45, 7) is 7.84. The second-order valence-corrected chi connectivity index (χ2v) is 4.09. The Bertz CT molecular complexity index is 395. The van der Waals surface area contributed by atoms with Crippen LogP contribution >= 0.6 is 0 Å². The molecule has 2 nitrogen and oxygen atoms in total. The summed E-state index contributed by atoms with van der Waals surface area (Å²) in [5.41, 5.74) is 1.49. The molecular weight excluding hydrogens is 219 g/mol. The molecule has 0 aliphatic rings. The van der Waals surface area contributed by atoms with Crippen LogP contribution in [0.15, 0.2) is 36.4 Å². The summed E-state index contributed by atoms with van der Waals surface area (Å²) in [6, 6.07) is 5.48. The first-order valence-corrected chi connectivity index (χ1v) is 5.56. The summed E-state index contributed by atoms with van der Waals surface area (Å²) in [4.78, 5) is 11.9. The molecule has 0 bridgehead atoms. The highest BCUT2D eigenvalue weighted by Crippen LogP contribution is 2.09. The standard InChI is InChI=1S/C14H17FO2/c1-10(2)8-9-17-11(3)14(16)12-4-6-13(15)7-5-12/h4-7,11H,1,8-9H2,2-3H3. The van der Waals surface area contributed by atoms with E-state index < -0.39 is 6.10 Å². The lowest BCUT2D eigenvalue weighted by atomic mass is 10.1. The molecule has 17 heavy (non-hydrogen) atoms. The molecule has 0 aliphatic heterocycles. The van der Waals surface area contributed by atoms with Crippen molar-refractivity contribution in [3.05, 3.63) is 47.8 Å². The van der Waals surface area contributed by atoms with Gasteiger partial charge in [0.15, 0.2) is 5.78 Å². The van der Waals surface area contributed by atoms with Gasteiger partial charge in [-0.15, -0.1) is 6.58 Å². The van der Waals surface area contributed by atoms with E-state index in [1.165, 1.54) is 24.3 Å². The highest BCUT2D eigenvalue weighted by Gasteiger charge is 2.15. The van der Waals surface area contributed by atoms with Crippen molar-refractivity contribution < 1.29 is 13.9 Å². The summed E-state index contributed by atoms with van der Waals surface area (Å²) < 4.78 is 18.1. The second-order valence-electron chi connectivity index (χ2n) is 4.09. The fourth-order valence-corrected chi connectivity index (χ4v) is 1.33. The van der Waals surface area contributed by atoms with E-state index in [0.29, 0.717) is 12.2 Å². The molecule has 0 aliphatic carbocycles. The van der Waals surface area contributed by atoms with Gasteiger partial charge in [0.25, 0.3) is 0 Å². The quantitative estimate of drug-likeness (QED) is 0.559. The molecule has 0 amide bonds. The van der Waals surface area contributed by atoms with E-state index in [0.717, 1.165) is 12.0 Å². The number of hydrogen-bond donors (Lipinski definition) is 0. The molecule has 0 N–H and O–H groups in total. The fourth-order valence-electron chi connectivity index (χ4n) is 1.33. The monoisotopic (exact) mass is 236 g/mol. The van der Waals surface area contributed by atoms with Gasteiger partial charge < -0.3 is 4.74 Å². The van der Waals surface area contributed by atoms with Gasteiger partial charge in [0, 0.05) is 5.56 Å². The first-order valence-electron chi connectivity index (χ1n) is 5.56. The normalized spacial score (nSPS) is 12.2. The molecule has 1 rings (SSSR count). The van der Waals surface area contributed by atoms with Crippen molar-refractivity contribution in [2.45, 2.75) is 26.4 Å². The van der Waals surface area contributed by atoms with Crippen molar-refractivity contribution >= 4 is 5.78 Å². The van der Waals surface area contributed by atoms with Gasteiger partial charge in [-0.2, -0.15) is 0 Å². The van der Waals surface area contributed by atoms with Gasteiger partial charge in [-0.25, -0.2) is 4.39 Å². The molecule has 0 saturated heterocycles. The van der Waals surface area contributed by atoms with E-state index in [9.17, 15) is 9.18 Å². The molecule has 0 heterocycles. The van der Waals surface area contributed by atoms with Crippen LogP contribution in [0.5, 0.6) is 0 Å². The van der Waals surface area contributed by atoms with E-state index in [-0.39, 0.29) is 11.6 Å². The van der Waals surface area contributed by atoms with Crippen molar-refractivity contribution in [3.8, 4) is 0 Å². The molecule has 92 valence electrons. The van der Waals surface area contributed by atoms with Gasteiger partial charge in [0.2, 0.25) is 0 Å². The summed E-state index contributed by atoms with van der Waals surface area (Å²) in [5.74, 6) is -0.482. The van der Waals surface area contributed by atoms with Gasteiger partial charge >= 0.3 is 0 Å². The molecular formula is C14H17FO2. The maximum absolute atomic E-state index is 12.7. The lowest BCUT2D eigenvalue weighted by Gasteiger charge is -2.12. The highest BCUT2D eigenvalue weighted by molar-refractivity contribution is 5.99. The first kappa shape index (κ1) is 13.6. The number of ether oxygens (including phenoxy) is 1. The van der Waals surface area contributed by atoms with Crippen LogP contribution in [0, 0.1) is 5.82 Å². The summed E-state index contributed by atoms with van der Waals surface area (Å²) in [7, 11) is 0. The Balaban J connectivity index is 2.51. The number of ketones is 1. The van der Waals surface area contributed by atoms with Crippen LogP contribution in [-0.4, -0.2) is 18.5 Å². The zero-order valence-electron chi connectivity index (χ0n) is 10.2. The average Bonchev–Trinajstić information content (AvgIpc) is 2.28. The Morgan fingerprint density at radius 1 is 1.41 bits per heavy atom. The number of hydrogen-bond acceptors (Lipinski definition) is 2. The third-order valence-corrected chi connectivity index (χ3v) is 2.39. The Morgan fingerprint density at radius 3 is 2.53 bits per heavy atom. The predicted octanol–water partition coefficient (Wildman–Crippen LogP) is 3.38. The van der Waals surface area contributed by atoms with Crippen molar-refractivity contribution in [1.29, 1.82) is 0 Å². The molecule has 3 heteroatoms. The maximum atomic E-state index is 12.7. The Kier molecular flexibility index (Phi) is 5.04. The predicted molar refractivity (Wildman–Crippen MR) is 65.6 cm³/mol. The largest absolute Gasteiger partial charge is 0.370 e. The minimum Gasteiger partial charge on any atom is -0.370 e. The number of rotatable bonds is 6. The maximum Gasteiger partial charge on any atom is 0.191 e. The highest BCUT2D eigenvalue weighted by atomic mass is 19.1. The molecule has 0 fully saturated rings.